The minimum Gasteiger partial charge on any atom is -0.452 e. The van der Waals surface area contributed by atoms with Gasteiger partial charge in [0.1, 0.15) is 5.82 Å². The number of carbonyl (C=O) groups is 1. The Morgan fingerprint density at radius 2 is 1.96 bits per heavy atom. The number of ether oxygens (including phenoxy) is 1. The number of hydrogen-bond donors (Lipinski definition) is 0. The maximum atomic E-state index is 13.8. The Hall–Kier alpha value is -3.56. The Morgan fingerprint density at radius 3 is 2.63 bits per heavy atom. The predicted octanol–water partition coefficient (Wildman–Crippen LogP) is 4.05. The Bertz CT molecular complexity index is 1060. The smallest absolute Gasteiger partial charge is 0.418 e. The summed E-state index contributed by atoms with van der Waals surface area (Å²) in [7, 11) is 1.21. The third kappa shape index (κ3) is 2.84. The van der Waals surface area contributed by atoms with Gasteiger partial charge in [0.2, 0.25) is 5.52 Å². The predicted molar refractivity (Wildman–Crippen MR) is 91.4 cm³/mol. The van der Waals surface area contributed by atoms with Gasteiger partial charge in [-0.15, -0.1) is 0 Å². The van der Waals surface area contributed by atoms with Crippen molar-refractivity contribution in [2.45, 2.75) is 18.8 Å². The van der Waals surface area contributed by atoms with Gasteiger partial charge in [-0.25, -0.2) is 18.7 Å². The molecule has 0 N–H and O–H groups in total. The van der Waals surface area contributed by atoms with Crippen molar-refractivity contribution in [3.63, 3.8) is 0 Å². The largest absolute Gasteiger partial charge is 0.452 e. The van der Waals surface area contributed by atoms with E-state index in [1.807, 2.05) is 0 Å². The van der Waals surface area contributed by atoms with Crippen molar-refractivity contribution in [2.75, 3.05) is 12.0 Å². The van der Waals surface area contributed by atoms with E-state index in [-0.39, 0.29) is 28.3 Å². The molecule has 1 aromatic heterocycles. The van der Waals surface area contributed by atoms with E-state index in [0.717, 1.165) is 12.8 Å². The minimum atomic E-state index is -0.748. The molecule has 0 spiro atoms. The van der Waals surface area contributed by atoms with E-state index in [0.29, 0.717) is 11.3 Å². The van der Waals surface area contributed by atoms with Crippen molar-refractivity contribution in [2.24, 2.45) is 0 Å². The molecule has 1 aliphatic rings. The van der Waals surface area contributed by atoms with Crippen LogP contribution in [0.4, 0.5) is 26.2 Å². The van der Waals surface area contributed by atoms with Crippen LogP contribution in [0.1, 0.15) is 24.3 Å². The molecule has 4 rings (SSSR count). The summed E-state index contributed by atoms with van der Waals surface area (Å²) in [4.78, 5) is 24.3. The highest BCUT2D eigenvalue weighted by Gasteiger charge is 2.33. The summed E-state index contributed by atoms with van der Waals surface area (Å²) in [5.41, 5.74) is 0.896. The van der Waals surface area contributed by atoms with Gasteiger partial charge in [0, 0.05) is 6.07 Å². The third-order valence-corrected chi connectivity index (χ3v) is 4.42. The minimum absolute atomic E-state index is 0.0284. The maximum absolute atomic E-state index is 13.8. The van der Waals surface area contributed by atoms with Crippen molar-refractivity contribution in [1.82, 2.24) is 10.3 Å². The first kappa shape index (κ1) is 16.9. The van der Waals surface area contributed by atoms with Crippen LogP contribution in [0, 0.1) is 15.9 Å². The van der Waals surface area contributed by atoms with Gasteiger partial charge in [0.05, 0.1) is 23.4 Å². The molecule has 138 valence electrons. The first-order chi connectivity index (χ1) is 13.0. The van der Waals surface area contributed by atoms with Crippen LogP contribution >= 0.6 is 0 Å². The number of fused-ring (bicyclic) bond motifs is 1. The second-order valence-electron chi connectivity index (χ2n) is 6.11. The van der Waals surface area contributed by atoms with Crippen molar-refractivity contribution < 1.29 is 23.5 Å². The average molecular weight is 372 g/mol. The molecule has 0 radical (unpaired) electrons. The molecule has 1 fully saturated rings. The number of nitro benzene ring substituents is 1. The molecule has 0 unspecified atom stereocenters. The highest BCUT2D eigenvalue weighted by molar-refractivity contribution is 6.06. The second-order valence-corrected chi connectivity index (χ2v) is 6.11. The number of methoxy groups -OCH3 is 1. The lowest BCUT2D eigenvalue weighted by Gasteiger charge is -2.24. The number of nitrogens with zero attached hydrogens (tertiary/aromatic N) is 4. The fraction of sp³-hybridized carbons (Fsp3) is 0.235. The fourth-order valence-corrected chi connectivity index (χ4v) is 3.04. The number of aromatic nitrogens is 2. The topological polar surface area (TPSA) is 112 Å². The van der Waals surface area contributed by atoms with Crippen LogP contribution in [-0.4, -0.2) is 28.4 Å². The summed E-state index contributed by atoms with van der Waals surface area (Å²) >= 11 is 0. The van der Waals surface area contributed by atoms with E-state index in [1.54, 1.807) is 0 Å². The highest BCUT2D eigenvalue weighted by Crippen LogP contribution is 2.47. The first-order valence-electron chi connectivity index (χ1n) is 8.08. The van der Waals surface area contributed by atoms with Gasteiger partial charge < -0.3 is 4.74 Å². The van der Waals surface area contributed by atoms with Crippen molar-refractivity contribution >= 4 is 34.2 Å². The van der Waals surface area contributed by atoms with E-state index in [9.17, 15) is 19.3 Å². The Balaban J connectivity index is 1.95. The molecular formula is C17H13FN4O5. The van der Waals surface area contributed by atoms with Crippen LogP contribution in [0.2, 0.25) is 0 Å². The SMILES string of the molecule is COC(=O)N(c1ccc(F)cc1C1CC1)c1ccc([N+](=O)[O-])c2nonc12. The zero-order chi connectivity index (χ0) is 19.1. The summed E-state index contributed by atoms with van der Waals surface area (Å²) < 4.78 is 23.3. The van der Waals surface area contributed by atoms with Gasteiger partial charge in [-0.05, 0) is 58.9 Å². The molecule has 10 heteroatoms. The van der Waals surface area contributed by atoms with Crippen molar-refractivity contribution in [1.29, 1.82) is 0 Å². The van der Waals surface area contributed by atoms with Crippen molar-refractivity contribution in [3.05, 3.63) is 51.8 Å². The Kier molecular flexibility index (Phi) is 3.94. The first-order valence-corrected chi connectivity index (χ1v) is 8.08. The van der Waals surface area contributed by atoms with Crippen LogP contribution in [0.3, 0.4) is 0 Å². The monoisotopic (exact) mass is 372 g/mol. The Labute approximate surface area is 151 Å². The number of benzene rings is 2. The molecule has 0 bridgehead atoms. The molecule has 1 amide bonds. The molecule has 1 heterocycles. The number of halogens is 1. The number of nitro groups is 1. The standard InChI is InChI=1S/C17H13FN4O5/c1-26-17(23)21(12-5-4-10(18)8-11(12)9-2-3-9)13-6-7-14(22(24)25)16-15(13)19-27-20-16/h4-9H,2-3H2,1H3. The quantitative estimate of drug-likeness (QED) is 0.501. The fourth-order valence-electron chi connectivity index (χ4n) is 3.04. The highest BCUT2D eigenvalue weighted by atomic mass is 19.1. The number of amides is 1. The van der Waals surface area contributed by atoms with Gasteiger partial charge >= 0.3 is 11.8 Å². The van der Waals surface area contributed by atoms with Gasteiger partial charge in [-0.2, -0.15) is 0 Å². The molecule has 3 aromatic rings. The zero-order valence-corrected chi connectivity index (χ0v) is 14.1. The summed E-state index contributed by atoms with van der Waals surface area (Å²) in [6, 6.07) is 6.66. The number of non-ortho nitro benzene ring substituents is 1. The zero-order valence-electron chi connectivity index (χ0n) is 14.1. The molecule has 9 nitrogen and oxygen atoms in total. The molecule has 2 aromatic carbocycles. The third-order valence-electron chi connectivity index (χ3n) is 4.42. The van der Waals surface area contributed by atoms with Gasteiger partial charge in [0.25, 0.3) is 0 Å². The van der Waals surface area contributed by atoms with E-state index in [2.05, 4.69) is 14.9 Å². The van der Waals surface area contributed by atoms with Crippen LogP contribution < -0.4 is 4.90 Å². The normalized spacial score (nSPS) is 13.6. The lowest BCUT2D eigenvalue weighted by Crippen LogP contribution is -2.27. The molecule has 0 aliphatic heterocycles. The number of hydrogen-bond acceptors (Lipinski definition) is 7. The van der Waals surface area contributed by atoms with Crippen LogP contribution in [0.25, 0.3) is 11.0 Å². The maximum Gasteiger partial charge on any atom is 0.418 e. The summed E-state index contributed by atoms with van der Waals surface area (Å²) in [5, 5.41) is 18.5. The molecular weight excluding hydrogens is 359 g/mol. The average Bonchev–Trinajstić information content (AvgIpc) is 3.38. The number of rotatable bonds is 4. The van der Waals surface area contributed by atoms with Gasteiger partial charge in [-0.3, -0.25) is 10.1 Å². The van der Waals surface area contributed by atoms with Crippen LogP contribution in [0.15, 0.2) is 35.0 Å². The molecule has 0 saturated heterocycles. The van der Waals surface area contributed by atoms with E-state index in [1.165, 1.54) is 42.3 Å². The van der Waals surface area contributed by atoms with E-state index >= 15 is 0 Å². The Morgan fingerprint density at radius 1 is 1.26 bits per heavy atom. The van der Waals surface area contributed by atoms with Crippen molar-refractivity contribution in [3.8, 4) is 0 Å². The van der Waals surface area contributed by atoms with E-state index in [4.69, 9.17) is 4.74 Å². The number of carbonyl (C=O) groups excluding carboxylic acids is 1. The van der Waals surface area contributed by atoms with Crippen LogP contribution in [0.5, 0.6) is 0 Å². The number of anilines is 2. The molecule has 1 aliphatic carbocycles. The molecule has 27 heavy (non-hydrogen) atoms. The van der Waals surface area contributed by atoms with E-state index < -0.39 is 16.8 Å². The summed E-state index contributed by atoms with van der Waals surface area (Å²) in [6.45, 7) is 0. The summed E-state index contributed by atoms with van der Waals surface area (Å²) in [5.74, 6) is -0.283. The lowest BCUT2D eigenvalue weighted by atomic mass is 10.1. The van der Waals surface area contributed by atoms with Gasteiger partial charge in [-0.1, -0.05) is 0 Å². The molecule has 0 atom stereocenters. The summed E-state index contributed by atoms with van der Waals surface area (Å²) in [6.07, 6.45) is 1.01. The molecule has 1 saturated carbocycles. The lowest BCUT2D eigenvalue weighted by molar-refractivity contribution is -0.383. The van der Waals surface area contributed by atoms with Crippen LogP contribution in [-0.2, 0) is 4.74 Å². The van der Waals surface area contributed by atoms with Gasteiger partial charge in [0.15, 0.2) is 5.52 Å². The second kappa shape index (κ2) is 6.31.